The SMILES string of the molecule is OC/C=C/Sc1ccccc1Cl. The zero-order valence-electron chi connectivity index (χ0n) is 6.40. The van der Waals surface area contributed by atoms with Gasteiger partial charge in [0.15, 0.2) is 0 Å². The summed E-state index contributed by atoms with van der Waals surface area (Å²) in [6.45, 7) is 0.0669. The van der Waals surface area contributed by atoms with Gasteiger partial charge in [0.1, 0.15) is 0 Å². The largest absolute Gasteiger partial charge is 0.392 e. The Labute approximate surface area is 81.1 Å². The van der Waals surface area contributed by atoms with E-state index in [0.29, 0.717) is 0 Å². The van der Waals surface area contributed by atoms with Crippen molar-refractivity contribution in [3.05, 3.63) is 40.8 Å². The van der Waals surface area contributed by atoms with Gasteiger partial charge in [-0.15, -0.1) is 0 Å². The molecule has 0 unspecified atom stereocenters. The molecular formula is C9H9ClOS. The zero-order valence-corrected chi connectivity index (χ0v) is 7.98. The Kier molecular flexibility index (Phi) is 4.22. The van der Waals surface area contributed by atoms with E-state index in [1.165, 1.54) is 11.8 Å². The van der Waals surface area contributed by atoms with Gasteiger partial charge in [0.25, 0.3) is 0 Å². The Bertz CT molecular complexity index is 273. The van der Waals surface area contributed by atoms with E-state index in [4.69, 9.17) is 16.7 Å². The van der Waals surface area contributed by atoms with Crippen LogP contribution in [-0.4, -0.2) is 11.7 Å². The van der Waals surface area contributed by atoms with E-state index >= 15 is 0 Å². The molecular weight excluding hydrogens is 192 g/mol. The van der Waals surface area contributed by atoms with Crippen LogP contribution in [-0.2, 0) is 0 Å². The van der Waals surface area contributed by atoms with Crippen LogP contribution in [0.4, 0.5) is 0 Å². The fourth-order valence-corrected chi connectivity index (χ4v) is 1.64. The second-order valence-electron chi connectivity index (χ2n) is 2.10. The first-order valence-corrected chi connectivity index (χ1v) is 4.77. The molecule has 0 aliphatic carbocycles. The Morgan fingerprint density at radius 2 is 2.17 bits per heavy atom. The molecule has 1 nitrogen and oxygen atoms in total. The summed E-state index contributed by atoms with van der Waals surface area (Å²) < 4.78 is 0. The minimum absolute atomic E-state index is 0.0669. The molecule has 1 N–H and O–H groups in total. The monoisotopic (exact) mass is 200 g/mol. The molecule has 0 atom stereocenters. The molecule has 1 aromatic carbocycles. The number of benzene rings is 1. The lowest BCUT2D eigenvalue weighted by Gasteiger charge is -1.97. The van der Waals surface area contributed by atoms with E-state index < -0.39 is 0 Å². The molecule has 0 amide bonds. The van der Waals surface area contributed by atoms with Gasteiger partial charge in [-0.1, -0.05) is 41.6 Å². The van der Waals surface area contributed by atoms with Crippen LogP contribution in [0.2, 0.25) is 5.02 Å². The molecule has 0 spiro atoms. The molecule has 0 saturated heterocycles. The van der Waals surface area contributed by atoms with Gasteiger partial charge in [0, 0.05) is 4.90 Å². The van der Waals surface area contributed by atoms with Gasteiger partial charge in [-0.3, -0.25) is 0 Å². The van der Waals surface area contributed by atoms with Crippen molar-refractivity contribution in [2.24, 2.45) is 0 Å². The van der Waals surface area contributed by atoms with Crippen molar-refractivity contribution >= 4 is 23.4 Å². The van der Waals surface area contributed by atoms with E-state index in [1.54, 1.807) is 6.08 Å². The highest BCUT2D eigenvalue weighted by Gasteiger charge is 1.94. The summed E-state index contributed by atoms with van der Waals surface area (Å²) in [6.07, 6.45) is 1.67. The van der Waals surface area contributed by atoms with Crippen LogP contribution < -0.4 is 0 Å². The van der Waals surface area contributed by atoms with Gasteiger partial charge in [-0.25, -0.2) is 0 Å². The van der Waals surface area contributed by atoms with Crippen LogP contribution in [0.25, 0.3) is 0 Å². The maximum atomic E-state index is 8.48. The lowest BCUT2D eigenvalue weighted by Crippen LogP contribution is -1.71. The number of hydrogen-bond donors (Lipinski definition) is 1. The van der Waals surface area contributed by atoms with E-state index in [1.807, 2.05) is 29.7 Å². The molecule has 3 heteroatoms. The molecule has 0 radical (unpaired) electrons. The van der Waals surface area contributed by atoms with Gasteiger partial charge in [0.05, 0.1) is 11.6 Å². The maximum absolute atomic E-state index is 8.48. The van der Waals surface area contributed by atoms with Crippen molar-refractivity contribution in [2.75, 3.05) is 6.61 Å². The number of thioether (sulfide) groups is 1. The summed E-state index contributed by atoms with van der Waals surface area (Å²) in [5.41, 5.74) is 0. The van der Waals surface area contributed by atoms with Crippen molar-refractivity contribution in [1.29, 1.82) is 0 Å². The van der Waals surface area contributed by atoms with Gasteiger partial charge in [-0.05, 0) is 17.5 Å². The average Bonchev–Trinajstić information content (AvgIpc) is 2.09. The Morgan fingerprint density at radius 1 is 1.42 bits per heavy atom. The Hall–Kier alpha value is -0.440. The Balaban J connectivity index is 2.63. The van der Waals surface area contributed by atoms with Crippen molar-refractivity contribution in [3.63, 3.8) is 0 Å². The highest BCUT2D eigenvalue weighted by atomic mass is 35.5. The van der Waals surface area contributed by atoms with Crippen molar-refractivity contribution < 1.29 is 5.11 Å². The minimum atomic E-state index is 0.0669. The third-order valence-corrected chi connectivity index (χ3v) is 2.61. The molecule has 1 rings (SSSR count). The molecule has 0 aromatic heterocycles. The molecule has 0 aliphatic heterocycles. The second-order valence-corrected chi connectivity index (χ2v) is 3.46. The molecule has 12 heavy (non-hydrogen) atoms. The highest BCUT2D eigenvalue weighted by Crippen LogP contribution is 2.26. The number of aliphatic hydroxyl groups excluding tert-OH is 1. The van der Waals surface area contributed by atoms with Gasteiger partial charge >= 0.3 is 0 Å². The van der Waals surface area contributed by atoms with Crippen molar-refractivity contribution in [1.82, 2.24) is 0 Å². The average molecular weight is 201 g/mol. The fraction of sp³-hybridized carbons (Fsp3) is 0.111. The molecule has 0 aliphatic rings. The highest BCUT2D eigenvalue weighted by molar-refractivity contribution is 8.02. The first-order chi connectivity index (χ1) is 5.84. The fourth-order valence-electron chi connectivity index (χ4n) is 0.705. The van der Waals surface area contributed by atoms with E-state index in [2.05, 4.69) is 0 Å². The summed E-state index contributed by atoms with van der Waals surface area (Å²) in [5, 5.41) is 11.0. The third kappa shape index (κ3) is 2.89. The number of hydrogen-bond acceptors (Lipinski definition) is 2. The van der Waals surface area contributed by atoms with Crippen LogP contribution in [0.1, 0.15) is 0 Å². The van der Waals surface area contributed by atoms with Crippen LogP contribution in [0.3, 0.4) is 0 Å². The van der Waals surface area contributed by atoms with Crippen LogP contribution >= 0.6 is 23.4 Å². The standard InChI is InChI=1S/C9H9ClOS/c10-8-4-1-2-5-9(8)12-7-3-6-11/h1-5,7,11H,6H2/b7-3+. The normalized spacial score (nSPS) is 10.8. The molecule has 64 valence electrons. The minimum Gasteiger partial charge on any atom is -0.392 e. The molecule has 0 heterocycles. The smallest absolute Gasteiger partial charge is 0.0620 e. The third-order valence-electron chi connectivity index (χ3n) is 1.23. The number of rotatable bonds is 3. The summed E-state index contributed by atoms with van der Waals surface area (Å²) in [4.78, 5) is 1.00. The first-order valence-electron chi connectivity index (χ1n) is 3.51. The van der Waals surface area contributed by atoms with Crippen LogP contribution in [0, 0.1) is 0 Å². The lowest BCUT2D eigenvalue weighted by molar-refractivity contribution is 0.343. The molecule has 0 saturated carbocycles. The number of aliphatic hydroxyl groups is 1. The second kappa shape index (κ2) is 5.25. The number of halogens is 1. The Morgan fingerprint density at radius 3 is 2.83 bits per heavy atom. The quantitative estimate of drug-likeness (QED) is 0.758. The summed E-state index contributed by atoms with van der Waals surface area (Å²) in [7, 11) is 0. The van der Waals surface area contributed by atoms with Crippen LogP contribution in [0.15, 0.2) is 40.6 Å². The predicted molar refractivity (Wildman–Crippen MR) is 53.5 cm³/mol. The maximum Gasteiger partial charge on any atom is 0.0620 e. The van der Waals surface area contributed by atoms with Crippen LogP contribution in [0.5, 0.6) is 0 Å². The van der Waals surface area contributed by atoms with E-state index in [0.717, 1.165) is 9.92 Å². The zero-order chi connectivity index (χ0) is 8.81. The van der Waals surface area contributed by atoms with Gasteiger partial charge in [0.2, 0.25) is 0 Å². The predicted octanol–water partition coefficient (Wildman–Crippen LogP) is 2.94. The van der Waals surface area contributed by atoms with Crippen molar-refractivity contribution in [3.8, 4) is 0 Å². The molecule has 0 bridgehead atoms. The lowest BCUT2D eigenvalue weighted by atomic mass is 10.4. The van der Waals surface area contributed by atoms with Gasteiger partial charge in [-0.2, -0.15) is 0 Å². The van der Waals surface area contributed by atoms with E-state index in [9.17, 15) is 0 Å². The summed E-state index contributed by atoms with van der Waals surface area (Å²) >= 11 is 7.39. The first kappa shape index (κ1) is 9.65. The summed E-state index contributed by atoms with van der Waals surface area (Å²) in [5.74, 6) is 0. The van der Waals surface area contributed by atoms with Crippen molar-refractivity contribution in [2.45, 2.75) is 4.90 Å². The van der Waals surface area contributed by atoms with E-state index in [-0.39, 0.29) is 6.61 Å². The molecule has 1 aromatic rings. The summed E-state index contributed by atoms with van der Waals surface area (Å²) in [6, 6.07) is 7.61. The van der Waals surface area contributed by atoms with Gasteiger partial charge < -0.3 is 5.11 Å². The topological polar surface area (TPSA) is 20.2 Å². The molecule has 0 fully saturated rings.